The molecule has 2 aromatic carbocycles. The van der Waals surface area contributed by atoms with Crippen LogP contribution in [0.5, 0.6) is 0 Å². The molecule has 0 bridgehead atoms. The molecule has 134 valence electrons. The van der Waals surface area contributed by atoms with Gasteiger partial charge < -0.3 is 9.84 Å². The SMILES string of the molecule is O=C(NCc1nc(-c2ccc(Cl)cc2)no1)c1ccc(C(F)(F)F)cc1. The molecule has 0 fully saturated rings. The highest BCUT2D eigenvalue weighted by Crippen LogP contribution is 2.29. The van der Waals surface area contributed by atoms with Gasteiger partial charge in [-0.25, -0.2) is 0 Å². The Hall–Kier alpha value is -2.87. The second-order valence-electron chi connectivity index (χ2n) is 5.28. The van der Waals surface area contributed by atoms with E-state index in [2.05, 4.69) is 15.5 Å². The molecular weight excluding hydrogens is 371 g/mol. The van der Waals surface area contributed by atoms with Crippen molar-refractivity contribution in [3.05, 3.63) is 70.6 Å². The summed E-state index contributed by atoms with van der Waals surface area (Å²) in [6.07, 6.45) is -4.45. The van der Waals surface area contributed by atoms with Gasteiger partial charge in [0.1, 0.15) is 0 Å². The zero-order valence-electron chi connectivity index (χ0n) is 13.0. The number of nitrogens with zero attached hydrogens (tertiary/aromatic N) is 2. The average Bonchev–Trinajstić information content (AvgIpc) is 3.08. The van der Waals surface area contributed by atoms with Gasteiger partial charge in [-0.05, 0) is 48.5 Å². The molecule has 1 amide bonds. The molecule has 26 heavy (non-hydrogen) atoms. The van der Waals surface area contributed by atoms with Crippen LogP contribution in [0.3, 0.4) is 0 Å². The molecular formula is C17H11ClF3N3O2. The van der Waals surface area contributed by atoms with Gasteiger partial charge in [0, 0.05) is 16.1 Å². The second kappa shape index (κ2) is 7.17. The van der Waals surface area contributed by atoms with Crippen LogP contribution >= 0.6 is 11.6 Å². The predicted octanol–water partition coefficient (Wildman–Crippen LogP) is 4.34. The first kappa shape index (κ1) is 17.9. The van der Waals surface area contributed by atoms with Crippen molar-refractivity contribution in [3.63, 3.8) is 0 Å². The highest BCUT2D eigenvalue weighted by molar-refractivity contribution is 6.30. The van der Waals surface area contributed by atoms with E-state index in [4.69, 9.17) is 16.1 Å². The van der Waals surface area contributed by atoms with E-state index in [1.807, 2.05) is 0 Å². The van der Waals surface area contributed by atoms with Gasteiger partial charge in [-0.15, -0.1) is 0 Å². The molecule has 3 aromatic rings. The molecule has 3 rings (SSSR count). The van der Waals surface area contributed by atoms with E-state index in [1.54, 1.807) is 24.3 Å². The molecule has 0 aliphatic carbocycles. The van der Waals surface area contributed by atoms with Crippen LogP contribution in [0, 0.1) is 0 Å². The first-order valence-electron chi connectivity index (χ1n) is 7.37. The van der Waals surface area contributed by atoms with E-state index < -0.39 is 17.6 Å². The third-order valence-electron chi connectivity index (χ3n) is 3.45. The lowest BCUT2D eigenvalue weighted by molar-refractivity contribution is -0.137. The number of aromatic nitrogens is 2. The third-order valence-corrected chi connectivity index (χ3v) is 3.70. The van der Waals surface area contributed by atoms with Crippen molar-refractivity contribution in [2.24, 2.45) is 0 Å². The van der Waals surface area contributed by atoms with Crippen molar-refractivity contribution in [1.29, 1.82) is 0 Å². The minimum Gasteiger partial charge on any atom is -0.343 e. The van der Waals surface area contributed by atoms with Crippen LogP contribution in [0.1, 0.15) is 21.8 Å². The first-order chi connectivity index (χ1) is 12.3. The summed E-state index contributed by atoms with van der Waals surface area (Å²) in [6, 6.07) is 10.7. The van der Waals surface area contributed by atoms with Crippen LogP contribution in [0.4, 0.5) is 13.2 Å². The highest BCUT2D eigenvalue weighted by atomic mass is 35.5. The van der Waals surface area contributed by atoms with E-state index in [0.717, 1.165) is 24.3 Å². The Morgan fingerprint density at radius 1 is 1.08 bits per heavy atom. The number of amides is 1. The average molecular weight is 382 g/mol. The minimum atomic E-state index is -4.45. The smallest absolute Gasteiger partial charge is 0.343 e. The van der Waals surface area contributed by atoms with Gasteiger partial charge in [0.25, 0.3) is 5.91 Å². The Kier molecular flexibility index (Phi) is 4.94. The van der Waals surface area contributed by atoms with E-state index in [9.17, 15) is 18.0 Å². The number of halogens is 4. The molecule has 0 saturated heterocycles. The molecule has 0 aliphatic rings. The van der Waals surface area contributed by atoms with Gasteiger partial charge in [-0.1, -0.05) is 16.8 Å². The quantitative estimate of drug-likeness (QED) is 0.730. The van der Waals surface area contributed by atoms with Crippen LogP contribution in [-0.4, -0.2) is 16.0 Å². The number of rotatable bonds is 4. The van der Waals surface area contributed by atoms with E-state index >= 15 is 0 Å². The molecule has 1 heterocycles. The number of hydrogen-bond donors (Lipinski definition) is 1. The molecule has 0 atom stereocenters. The summed E-state index contributed by atoms with van der Waals surface area (Å²) in [5, 5.41) is 6.88. The zero-order valence-corrected chi connectivity index (χ0v) is 13.8. The molecule has 0 radical (unpaired) electrons. The number of benzene rings is 2. The summed E-state index contributed by atoms with van der Waals surface area (Å²) in [5.74, 6) is -0.0550. The molecule has 5 nitrogen and oxygen atoms in total. The maximum absolute atomic E-state index is 12.5. The maximum atomic E-state index is 12.5. The zero-order chi connectivity index (χ0) is 18.7. The standard InChI is InChI=1S/C17H11ClF3N3O2/c18-13-7-3-10(4-8-13)15-23-14(26-24-15)9-22-16(25)11-1-5-12(6-2-11)17(19,20)21/h1-8H,9H2,(H,22,25). The summed E-state index contributed by atoms with van der Waals surface area (Å²) in [4.78, 5) is 16.1. The number of carbonyl (C=O) groups excluding carboxylic acids is 1. The maximum Gasteiger partial charge on any atom is 0.416 e. The molecule has 1 N–H and O–H groups in total. The molecule has 0 saturated carbocycles. The van der Waals surface area contributed by atoms with Crippen molar-refractivity contribution < 1.29 is 22.5 Å². The number of carbonyl (C=O) groups is 1. The van der Waals surface area contributed by atoms with Gasteiger partial charge in [0.05, 0.1) is 12.1 Å². The topological polar surface area (TPSA) is 68.0 Å². The fourth-order valence-corrected chi connectivity index (χ4v) is 2.24. The molecule has 1 aromatic heterocycles. The van der Waals surface area contributed by atoms with Gasteiger partial charge in [-0.2, -0.15) is 18.2 Å². The van der Waals surface area contributed by atoms with Crippen molar-refractivity contribution in [1.82, 2.24) is 15.5 Å². The third kappa shape index (κ3) is 4.20. The van der Waals surface area contributed by atoms with Crippen LogP contribution in [0.15, 0.2) is 53.1 Å². The van der Waals surface area contributed by atoms with Crippen molar-refractivity contribution in [3.8, 4) is 11.4 Å². The lowest BCUT2D eigenvalue weighted by atomic mass is 10.1. The minimum absolute atomic E-state index is 0.0551. The Labute approximate surface area is 150 Å². The van der Waals surface area contributed by atoms with Gasteiger partial charge in [-0.3, -0.25) is 4.79 Å². The van der Waals surface area contributed by atoms with Crippen LogP contribution in [-0.2, 0) is 12.7 Å². The summed E-state index contributed by atoms with van der Waals surface area (Å²) in [6.45, 7) is -0.0551. The van der Waals surface area contributed by atoms with Gasteiger partial charge >= 0.3 is 6.18 Å². The lowest BCUT2D eigenvalue weighted by Gasteiger charge is -2.07. The first-order valence-corrected chi connectivity index (χ1v) is 7.75. The fourth-order valence-electron chi connectivity index (χ4n) is 2.11. The summed E-state index contributed by atoms with van der Waals surface area (Å²) in [7, 11) is 0. The summed E-state index contributed by atoms with van der Waals surface area (Å²) < 4.78 is 42.6. The highest BCUT2D eigenvalue weighted by Gasteiger charge is 2.30. The second-order valence-corrected chi connectivity index (χ2v) is 5.71. The molecule has 0 aliphatic heterocycles. The van der Waals surface area contributed by atoms with Crippen LogP contribution in [0.25, 0.3) is 11.4 Å². The molecule has 0 unspecified atom stereocenters. The lowest BCUT2D eigenvalue weighted by Crippen LogP contribution is -2.23. The van der Waals surface area contributed by atoms with E-state index in [0.29, 0.717) is 16.4 Å². The Balaban J connectivity index is 1.62. The van der Waals surface area contributed by atoms with Crippen molar-refractivity contribution in [2.75, 3.05) is 0 Å². The normalized spacial score (nSPS) is 11.4. The fraction of sp³-hybridized carbons (Fsp3) is 0.118. The van der Waals surface area contributed by atoms with E-state index in [-0.39, 0.29) is 18.0 Å². The predicted molar refractivity (Wildman–Crippen MR) is 87.4 cm³/mol. The molecule has 9 heteroatoms. The number of hydrogen-bond acceptors (Lipinski definition) is 4. The largest absolute Gasteiger partial charge is 0.416 e. The van der Waals surface area contributed by atoms with Crippen molar-refractivity contribution in [2.45, 2.75) is 12.7 Å². The van der Waals surface area contributed by atoms with Crippen LogP contribution < -0.4 is 5.32 Å². The van der Waals surface area contributed by atoms with Gasteiger partial charge in [0.15, 0.2) is 0 Å². The summed E-state index contributed by atoms with van der Waals surface area (Å²) >= 11 is 5.81. The van der Waals surface area contributed by atoms with Crippen LogP contribution in [0.2, 0.25) is 5.02 Å². The van der Waals surface area contributed by atoms with Gasteiger partial charge in [0.2, 0.25) is 11.7 Å². The van der Waals surface area contributed by atoms with Crippen molar-refractivity contribution >= 4 is 17.5 Å². The number of nitrogens with one attached hydrogen (secondary N) is 1. The summed E-state index contributed by atoms with van der Waals surface area (Å²) in [5.41, 5.74) is -0.0348. The molecule has 0 spiro atoms. The van der Waals surface area contributed by atoms with E-state index in [1.165, 1.54) is 0 Å². The Morgan fingerprint density at radius 3 is 2.35 bits per heavy atom. The monoisotopic (exact) mass is 381 g/mol. The Bertz CT molecular complexity index is 906. The Morgan fingerprint density at radius 2 is 1.73 bits per heavy atom. The number of alkyl halides is 3.